The fourth-order valence-electron chi connectivity index (χ4n) is 3.09. The highest BCUT2D eigenvalue weighted by Crippen LogP contribution is 2.25. The van der Waals surface area contributed by atoms with Crippen molar-refractivity contribution in [3.8, 4) is 0 Å². The summed E-state index contributed by atoms with van der Waals surface area (Å²) in [6, 6.07) is 6.62. The van der Waals surface area contributed by atoms with Crippen LogP contribution < -0.4 is 0 Å². The summed E-state index contributed by atoms with van der Waals surface area (Å²) >= 11 is 0. The minimum Gasteiger partial charge on any atom is -0.299 e. The van der Waals surface area contributed by atoms with Gasteiger partial charge in [0.1, 0.15) is 0 Å². The number of likely N-dealkylation sites (tertiary alicyclic amines) is 1. The summed E-state index contributed by atoms with van der Waals surface area (Å²) in [4.78, 5) is 7.16. The molecule has 0 radical (unpaired) electrons. The van der Waals surface area contributed by atoms with E-state index in [-0.39, 0.29) is 0 Å². The van der Waals surface area contributed by atoms with E-state index in [0.717, 1.165) is 6.54 Å². The summed E-state index contributed by atoms with van der Waals surface area (Å²) < 4.78 is 0. The maximum Gasteiger partial charge on any atom is 0.0736 e. The lowest BCUT2D eigenvalue weighted by atomic mass is 9.99. The van der Waals surface area contributed by atoms with Crippen LogP contribution in [0.1, 0.15) is 36.0 Å². The predicted octanol–water partition coefficient (Wildman–Crippen LogP) is 3.84. The number of fused-ring (bicyclic) bond motifs is 1. The molecule has 2 heteroatoms. The van der Waals surface area contributed by atoms with Crippen LogP contribution in [-0.2, 0) is 6.54 Å². The Kier molecular flexibility index (Phi) is 3.52. The van der Waals surface area contributed by atoms with Gasteiger partial charge in [-0.05, 0) is 62.5 Å². The molecule has 0 saturated carbocycles. The van der Waals surface area contributed by atoms with Crippen molar-refractivity contribution in [2.45, 2.75) is 39.7 Å². The Morgan fingerprint density at radius 2 is 1.95 bits per heavy atom. The summed E-state index contributed by atoms with van der Waals surface area (Å²) in [5, 5.41) is 1.33. The molecule has 0 unspecified atom stereocenters. The zero-order valence-electron chi connectivity index (χ0n) is 11.9. The molecule has 2 aromatic rings. The molecular formula is C17H22N2. The summed E-state index contributed by atoms with van der Waals surface area (Å²) in [5.74, 6) is 0. The number of rotatable bonds is 2. The van der Waals surface area contributed by atoms with Gasteiger partial charge in [-0.3, -0.25) is 9.88 Å². The number of hydrogen-bond donors (Lipinski definition) is 0. The first kappa shape index (κ1) is 12.6. The normalized spacial score (nSPS) is 16.9. The highest BCUT2D eigenvalue weighted by Gasteiger charge is 2.13. The van der Waals surface area contributed by atoms with Gasteiger partial charge in [0.2, 0.25) is 0 Å². The van der Waals surface area contributed by atoms with Gasteiger partial charge < -0.3 is 0 Å². The molecule has 19 heavy (non-hydrogen) atoms. The molecule has 0 aliphatic carbocycles. The number of nitrogens with zero attached hydrogens (tertiary/aromatic N) is 2. The van der Waals surface area contributed by atoms with Crippen LogP contribution in [0.25, 0.3) is 10.9 Å². The number of aromatic nitrogens is 1. The minimum atomic E-state index is 1.07. The monoisotopic (exact) mass is 254 g/mol. The van der Waals surface area contributed by atoms with Crippen molar-refractivity contribution < 1.29 is 0 Å². The van der Waals surface area contributed by atoms with Crippen molar-refractivity contribution in [2.75, 3.05) is 13.1 Å². The lowest BCUT2D eigenvalue weighted by Gasteiger charge is -2.27. The van der Waals surface area contributed by atoms with E-state index >= 15 is 0 Å². The molecule has 3 rings (SSSR count). The number of hydrogen-bond acceptors (Lipinski definition) is 2. The molecule has 1 aliphatic heterocycles. The molecular weight excluding hydrogens is 232 g/mol. The standard InChI is InChI=1S/C17H22N2/c1-13-11-15(12-19-9-4-3-5-10-19)16-7-6-8-18-17(16)14(13)2/h6-8,11H,3-5,9-10,12H2,1-2H3. The molecule has 100 valence electrons. The second-order valence-corrected chi connectivity index (χ2v) is 5.71. The Bertz CT molecular complexity index is 583. The molecule has 2 nitrogen and oxygen atoms in total. The molecule has 1 aromatic heterocycles. The van der Waals surface area contributed by atoms with Crippen LogP contribution >= 0.6 is 0 Å². The van der Waals surface area contributed by atoms with E-state index in [1.807, 2.05) is 6.20 Å². The van der Waals surface area contributed by atoms with Crippen molar-refractivity contribution in [3.63, 3.8) is 0 Å². The SMILES string of the molecule is Cc1cc(CN2CCCCC2)c2cccnc2c1C. The zero-order chi connectivity index (χ0) is 13.2. The van der Waals surface area contributed by atoms with E-state index in [2.05, 4.69) is 41.9 Å². The first-order valence-electron chi connectivity index (χ1n) is 7.32. The van der Waals surface area contributed by atoms with Crippen molar-refractivity contribution >= 4 is 10.9 Å². The molecule has 1 aliphatic rings. The van der Waals surface area contributed by atoms with Crippen molar-refractivity contribution in [1.29, 1.82) is 0 Å². The second kappa shape index (κ2) is 5.30. The molecule has 1 saturated heterocycles. The van der Waals surface area contributed by atoms with E-state index in [0.29, 0.717) is 0 Å². The largest absolute Gasteiger partial charge is 0.299 e. The van der Waals surface area contributed by atoms with E-state index < -0.39 is 0 Å². The Hall–Kier alpha value is -1.41. The second-order valence-electron chi connectivity index (χ2n) is 5.71. The predicted molar refractivity (Wildman–Crippen MR) is 80.3 cm³/mol. The van der Waals surface area contributed by atoms with Gasteiger partial charge in [0.05, 0.1) is 5.52 Å². The molecule has 0 N–H and O–H groups in total. The Morgan fingerprint density at radius 1 is 1.16 bits per heavy atom. The maximum atomic E-state index is 4.58. The molecule has 0 bridgehead atoms. The third-order valence-corrected chi connectivity index (χ3v) is 4.33. The topological polar surface area (TPSA) is 16.1 Å². The van der Waals surface area contributed by atoms with Gasteiger partial charge in [-0.1, -0.05) is 18.6 Å². The molecule has 2 heterocycles. The Labute approximate surface area is 115 Å². The molecule has 1 aromatic carbocycles. The van der Waals surface area contributed by atoms with Crippen LogP contribution in [0.2, 0.25) is 0 Å². The van der Waals surface area contributed by atoms with Gasteiger partial charge in [0.25, 0.3) is 0 Å². The van der Waals surface area contributed by atoms with Crippen LogP contribution in [0.4, 0.5) is 0 Å². The third kappa shape index (κ3) is 2.50. The first-order valence-corrected chi connectivity index (χ1v) is 7.32. The van der Waals surface area contributed by atoms with E-state index in [1.54, 1.807) is 0 Å². The lowest BCUT2D eigenvalue weighted by molar-refractivity contribution is 0.221. The number of aryl methyl sites for hydroxylation is 2. The van der Waals surface area contributed by atoms with Crippen molar-refractivity contribution in [1.82, 2.24) is 9.88 Å². The summed E-state index contributed by atoms with van der Waals surface area (Å²) in [6.45, 7) is 7.94. The molecule has 1 fully saturated rings. The molecule has 0 amide bonds. The Morgan fingerprint density at radius 3 is 2.74 bits per heavy atom. The fraction of sp³-hybridized carbons (Fsp3) is 0.471. The van der Waals surface area contributed by atoms with E-state index in [1.165, 1.54) is 59.9 Å². The van der Waals surface area contributed by atoms with Gasteiger partial charge in [0.15, 0.2) is 0 Å². The van der Waals surface area contributed by atoms with E-state index in [4.69, 9.17) is 0 Å². The maximum absolute atomic E-state index is 4.58. The Balaban J connectivity index is 2.00. The fourth-order valence-corrected chi connectivity index (χ4v) is 3.09. The van der Waals surface area contributed by atoms with Gasteiger partial charge >= 0.3 is 0 Å². The average Bonchev–Trinajstić information content (AvgIpc) is 2.46. The number of piperidine rings is 1. The van der Waals surface area contributed by atoms with Crippen LogP contribution in [0.15, 0.2) is 24.4 Å². The average molecular weight is 254 g/mol. The smallest absolute Gasteiger partial charge is 0.0736 e. The zero-order valence-corrected chi connectivity index (χ0v) is 11.9. The van der Waals surface area contributed by atoms with Crippen LogP contribution in [-0.4, -0.2) is 23.0 Å². The quantitative estimate of drug-likeness (QED) is 0.809. The summed E-state index contributed by atoms with van der Waals surface area (Å²) in [6.07, 6.45) is 5.99. The van der Waals surface area contributed by atoms with Gasteiger partial charge in [0, 0.05) is 18.1 Å². The summed E-state index contributed by atoms with van der Waals surface area (Å²) in [7, 11) is 0. The van der Waals surface area contributed by atoms with Gasteiger partial charge in [-0.15, -0.1) is 0 Å². The molecule has 0 spiro atoms. The van der Waals surface area contributed by atoms with Crippen LogP contribution in [0.3, 0.4) is 0 Å². The van der Waals surface area contributed by atoms with Crippen molar-refractivity contribution in [3.05, 3.63) is 41.1 Å². The summed E-state index contributed by atoms with van der Waals surface area (Å²) in [5.41, 5.74) is 5.29. The minimum absolute atomic E-state index is 1.07. The van der Waals surface area contributed by atoms with E-state index in [9.17, 15) is 0 Å². The lowest BCUT2D eigenvalue weighted by Crippen LogP contribution is -2.29. The number of pyridine rings is 1. The van der Waals surface area contributed by atoms with Crippen molar-refractivity contribution in [2.24, 2.45) is 0 Å². The van der Waals surface area contributed by atoms with Gasteiger partial charge in [-0.25, -0.2) is 0 Å². The first-order chi connectivity index (χ1) is 9.25. The van der Waals surface area contributed by atoms with Crippen LogP contribution in [0, 0.1) is 13.8 Å². The van der Waals surface area contributed by atoms with Gasteiger partial charge in [-0.2, -0.15) is 0 Å². The van der Waals surface area contributed by atoms with Crippen LogP contribution in [0.5, 0.6) is 0 Å². The third-order valence-electron chi connectivity index (χ3n) is 4.33. The number of benzene rings is 1. The highest BCUT2D eigenvalue weighted by molar-refractivity contribution is 5.86. The highest BCUT2D eigenvalue weighted by atomic mass is 15.1. The molecule has 0 atom stereocenters.